The highest BCUT2D eigenvalue weighted by molar-refractivity contribution is 5.68. The number of hydrogen-bond acceptors (Lipinski definition) is 2. The molecule has 72 valence electrons. The monoisotopic (exact) mass is 187 g/mol. The number of aryl methyl sites for hydroxylation is 1. The van der Waals surface area contributed by atoms with E-state index in [1.165, 1.54) is 11.5 Å². The van der Waals surface area contributed by atoms with Gasteiger partial charge in [0, 0.05) is 42.7 Å². The Kier molecular flexibility index (Phi) is 1.60. The molecule has 14 heavy (non-hydrogen) atoms. The Morgan fingerprint density at radius 2 is 2.43 bits per heavy atom. The second-order valence-electron chi connectivity index (χ2n) is 4.00. The maximum Gasteiger partial charge on any atom is 0.117 e. The highest BCUT2D eigenvalue weighted by Crippen LogP contribution is 2.33. The van der Waals surface area contributed by atoms with Crippen molar-refractivity contribution in [1.29, 1.82) is 0 Å². The fourth-order valence-electron chi connectivity index (χ4n) is 2.31. The quantitative estimate of drug-likeness (QED) is 0.609. The number of aliphatic imine (C=N–C) groups is 1. The standard InChI is InChI=1S/C11H13N3/c1-8-6-13-11-10-2-4-12-7-9(10)3-5-14(8)11/h3,5-7,9-10H,2,4H2,1H3. The topological polar surface area (TPSA) is 30.2 Å². The summed E-state index contributed by atoms with van der Waals surface area (Å²) in [5.41, 5.74) is 1.22. The van der Waals surface area contributed by atoms with Crippen molar-refractivity contribution in [3.63, 3.8) is 0 Å². The summed E-state index contributed by atoms with van der Waals surface area (Å²) in [5.74, 6) is 2.23. The molecule has 3 heteroatoms. The van der Waals surface area contributed by atoms with E-state index >= 15 is 0 Å². The summed E-state index contributed by atoms with van der Waals surface area (Å²) in [6, 6.07) is 0. The molecule has 0 spiro atoms. The molecule has 0 aromatic carbocycles. The van der Waals surface area contributed by atoms with Crippen molar-refractivity contribution >= 4 is 12.4 Å². The number of aromatic nitrogens is 2. The number of hydrogen-bond donors (Lipinski definition) is 0. The van der Waals surface area contributed by atoms with Crippen molar-refractivity contribution in [2.45, 2.75) is 19.3 Å². The number of rotatable bonds is 0. The predicted octanol–water partition coefficient (Wildman–Crippen LogP) is 1.85. The zero-order chi connectivity index (χ0) is 9.54. The minimum absolute atomic E-state index is 0.470. The van der Waals surface area contributed by atoms with Gasteiger partial charge in [-0.2, -0.15) is 0 Å². The van der Waals surface area contributed by atoms with Crippen LogP contribution in [-0.2, 0) is 0 Å². The average Bonchev–Trinajstić information content (AvgIpc) is 2.61. The van der Waals surface area contributed by atoms with Gasteiger partial charge in [0.2, 0.25) is 0 Å². The third-order valence-corrected chi connectivity index (χ3v) is 3.11. The molecule has 0 N–H and O–H groups in total. The van der Waals surface area contributed by atoms with Crippen LogP contribution < -0.4 is 0 Å². The van der Waals surface area contributed by atoms with Crippen molar-refractivity contribution in [1.82, 2.24) is 9.55 Å². The smallest absolute Gasteiger partial charge is 0.117 e. The molecular weight excluding hydrogens is 174 g/mol. The first-order valence-electron chi connectivity index (χ1n) is 5.08. The van der Waals surface area contributed by atoms with E-state index in [0.29, 0.717) is 11.8 Å². The molecule has 0 radical (unpaired) electrons. The van der Waals surface area contributed by atoms with Crippen LogP contribution in [0.25, 0.3) is 6.20 Å². The van der Waals surface area contributed by atoms with E-state index in [1.807, 2.05) is 6.20 Å². The third-order valence-electron chi connectivity index (χ3n) is 3.11. The van der Waals surface area contributed by atoms with Gasteiger partial charge in [-0.25, -0.2) is 4.98 Å². The fraction of sp³-hybridized carbons (Fsp3) is 0.455. The predicted molar refractivity (Wildman–Crippen MR) is 56.5 cm³/mol. The lowest BCUT2D eigenvalue weighted by Crippen LogP contribution is -2.24. The van der Waals surface area contributed by atoms with E-state index in [9.17, 15) is 0 Å². The second kappa shape index (κ2) is 2.80. The normalized spacial score (nSPS) is 28.6. The largest absolute Gasteiger partial charge is 0.308 e. The summed E-state index contributed by atoms with van der Waals surface area (Å²) in [5, 5.41) is 0. The van der Waals surface area contributed by atoms with Crippen LogP contribution in [0.5, 0.6) is 0 Å². The van der Waals surface area contributed by atoms with Crippen molar-refractivity contribution in [2.75, 3.05) is 6.54 Å². The summed E-state index contributed by atoms with van der Waals surface area (Å²) in [6.07, 6.45) is 9.50. The van der Waals surface area contributed by atoms with E-state index in [2.05, 4.69) is 40.0 Å². The summed E-state index contributed by atoms with van der Waals surface area (Å²) < 4.78 is 2.19. The van der Waals surface area contributed by atoms with E-state index in [-0.39, 0.29) is 0 Å². The Bertz CT molecular complexity index is 414. The Hall–Kier alpha value is -1.38. The van der Waals surface area contributed by atoms with Gasteiger partial charge in [-0.1, -0.05) is 6.08 Å². The second-order valence-corrected chi connectivity index (χ2v) is 4.00. The van der Waals surface area contributed by atoms with Gasteiger partial charge in [0.1, 0.15) is 5.82 Å². The van der Waals surface area contributed by atoms with Crippen LogP contribution in [0.1, 0.15) is 23.9 Å². The molecule has 0 saturated carbocycles. The first kappa shape index (κ1) is 7.97. The lowest BCUT2D eigenvalue weighted by molar-refractivity contribution is 0.516. The molecular formula is C11H13N3. The van der Waals surface area contributed by atoms with Crippen molar-refractivity contribution < 1.29 is 0 Å². The molecule has 1 aromatic rings. The lowest BCUT2D eigenvalue weighted by Gasteiger charge is -2.27. The third kappa shape index (κ3) is 0.983. The lowest BCUT2D eigenvalue weighted by atomic mass is 9.86. The van der Waals surface area contributed by atoms with Gasteiger partial charge in [-0.3, -0.25) is 4.99 Å². The molecule has 0 aliphatic carbocycles. The highest BCUT2D eigenvalue weighted by atomic mass is 15.1. The summed E-state index contributed by atoms with van der Waals surface area (Å²) in [7, 11) is 0. The number of allylic oxidation sites excluding steroid dienone is 1. The molecule has 0 bridgehead atoms. The van der Waals surface area contributed by atoms with Crippen LogP contribution in [-0.4, -0.2) is 22.3 Å². The van der Waals surface area contributed by atoms with Crippen LogP contribution in [0.2, 0.25) is 0 Å². The average molecular weight is 187 g/mol. The van der Waals surface area contributed by atoms with Crippen LogP contribution in [0, 0.1) is 12.8 Å². The zero-order valence-electron chi connectivity index (χ0n) is 8.22. The molecule has 3 nitrogen and oxygen atoms in total. The number of nitrogens with zero attached hydrogens (tertiary/aromatic N) is 3. The van der Waals surface area contributed by atoms with E-state index in [0.717, 1.165) is 13.0 Å². The molecule has 0 amide bonds. The zero-order valence-corrected chi connectivity index (χ0v) is 8.22. The van der Waals surface area contributed by atoms with Crippen molar-refractivity contribution in [2.24, 2.45) is 10.9 Å². The summed E-state index contributed by atoms with van der Waals surface area (Å²) >= 11 is 0. The Morgan fingerprint density at radius 3 is 3.36 bits per heavy atom. The van der Waals surface area contributed by atoms with Crippen LogP contribution in [0.3, 0.4) is 0 Å². The van der Waals surface area contributed by atoms with Crippen LogP contribution in [0.4, 0.5) is 0 Å². The summed E-state index contributed by atoms with van der Waals surface area (Å²) in [6.45, 7) is 3.04. The van der Waals surface area contributed by atoms with Gasteiger partial charge in [0.25, 0.3) is 0 Å². The molecule has 3 heterocycles. The first-order chi connectivity index (χ1) is 6.86. The highest BCUT2D eigenvalue weighted by Gasteiger charge is 2.28. The minimum atomic E-state index is 0.470. The van der Waals surface area contributed by atoms with Gasteiger partial charge in [-0.15, -0.1) is 0 Å². The van der Waals surface area contributed by atoms with Gasteiger partial charge in [0.05, 0.1) is 0 Å². The van der Waals surface area contributed by atoms with Crippen molar-refractivity contribution in [3.8, 4) is 0 Å². The van der Waals surface area contributed by atoms with Gasteiger partial charge >= 0.3 is 0 Å². The SMILES string of the molecule is Cc1cnc2n1C=CC1C=NCCC21. The number of imidazole rings is 1. The Labute approximate surface area is 83.2 Å². The Balaban J connectivity index is 2.12. The maximum absolute atomic E-state index is 4.49. The molecule has 2 aliphatic rings. The maximum atomic E-state index is 4.49. The molecule has 3 rings (SSSR count). The van der Waals surface area contributed by atoms with E-state index in [4.69, 9.17) is 0 Å². The molecule has 2 unspecified atom stereocenters. The van der Waals surface area contributed by atoms with Crippen LogP contribution >= 0.6 is 0 Å². The molecule has 2 aliphatic heterocycles. The Morgan fingerprint density at radius 1 is 1.50 bits per heavy atom. The summed E-state index contributed by atoms with van der Waals surface area (Å²) in [4.78, 5) is 8.82. The van der Waals surface area contributed by atoms with Gasteiger partial charge < -0.3 is 4.57 Å². The van der Waals surface area contributed by atoms with E-state index < -0.39 is 0 Å². The fourth-order valence-corrected chi connectivity index (χ4v) is 2.31. The van der Waals surface area contributed by atoms with Crippen molar-refractivity contribution in [3.05, 3.63) is 23.8 Å². The first-order valence-corrected chi connectivity index (χ1v) is 5.08. The molecule has 2 atom stereocenters. The molecule has 1 aromatic heterocycles. The van der Waals surface area contributed by atoms with Gasteiger partial charge in [-0.05, 0) is 13.3 Å². The minimum Gasteiger partial charge on any atom is -0.308 e. The van der Waals surface area contributed by atoms with E-state index in [1.54, 1.807) is 0 Å². The van der Waals surface area contributed by atoms with Gasteiger partial charge in [0.15, 0.2) is 0 Å². The molecule has 0 fully saturated rings. The van der Waals surface area contributed by atoms with Crippen LogP contribution in [0.15, 0.2) is 17.3 Å². The molecule has 0 saturated heterocycles. The number of fused-ring (bicyclic) bond motifs is 3.